The average Bonchev–Trinajstić information content (AvgIpc) is 2.28. The van der Waals surface area contributed by atoms with Gasteiger partial charge in [0.15, 0.2) is 5.03 Å². The number of nitro groups is 1. The molecule has 1 rings (SSSR count). The van der Waals surface area contributed by atoms with Gasteiger partial charge < -0.3 is 5.11 Å². The first-order chi connectivity index (χ1) is 8.27. The number of hydrogen-bond acceptors (Lipinski definition) is 6. The Morgan fingerprint density at radius 1 is 1.67 bits per heavy atom. The van der Waals surface area contributed by atoms with E-state index >= 15 is 0 Å². The Morgan fingerprint density at radius 3 is 2.72 bits per heavy atom. The highest BCUT2D eigenvalue weighted by Gasteiger charge is 2.32. The largest absolute Gasteiger partial charge is 0.480 e. The van der Waals surface area contributed by atoms with Gasteiger partial charge in [-0.1, -0.05) is 11.8 Å². The molecule has 1 aromatic heterocycles. The zero-order chi connectivity index (χ0) is 13.9. The number of aliphatic carboxylic acids is 1. The van der Waals surface area contributed by atoms with Crippen molar-refractivity contribution in [2.45, 2.75) is 23.6 Å². The molecule has 8 heteroatoms. The molecule has 0 spiro atoms. The molecule has 7 nitrogen and oxygen atoms in total. The van der Waals surface area contributed by atoms with E-state index in [0.29, 0.717) is 0 Å². The first-order valence-corrected chi connectivity index (χ1v) is 5.56. The summed E-state index contributed by atoms with van der Waals surface area (Å²) in [5.41, 5.74) is -0.312. The highest BCUT2D eigenvalue weighted by atomic mass is 32.2. The normalized spacial score (nSPS) is 10.7. The fourth-order valence-corrected chi connectivity index (χ4v) is 1.91. The molecule has 1 aromatic rings. The number of nitriles is 1. The molecule has 0 aliphatic heterocycles. The summed E-state index contributed by atoms with van der Waals surface area (Å²) in [7, 11) is 0. The Labute approximate surface area is 107 Å². The second-order valence-electron chi connectivity index (χ2n) is 3.83. The second kappa shape index (κ2) is 5.01. The van der Waals surface area contributed by atoms with E-state index in [0.717, 1.165) is 17.8 Å². The molecule has 0 aliphatic rings. The van der Waals surface area contributed by atoms with Crippen molar-refractivity contribution < 1.29 is 14.8 Å². The Morgan fingerprint density at radius 2 is 2.28 bits per heavy atom. The van der Waals surface area contributed by atoms with Gasteiger partial charge in [-0.15, -0.1) is 0 Å². The van der Waals surface area contributed by atoms with Crippen molar-refractivity contribution in [3.63, 3.8) is 0 Å². The first kappa shape index (κ1) is 13.9. The van der Waals surface area contributed by atoms with Crippen molar-refractivity contribution in [3.05, 3.63) is 27.9 Å². The number of thioether (sulfide) groups is 1. The van der Waals surface area contributed by atoms with Crippen molar-refractivity contribution >= 4 is 23.4 Å². The first-order valence-electron chi connectivity index (χ1n) is 4.75. The quantitative estimate of drug-likeness (QED) is 0.502. The highest BCUT2D eigenvalue weighted by Crippen LogP contribution is 2.36. The molecule has 94 valence electrons. The van der Waals surface area contributed by atoms with Crippen molar-refractivity contribution in [1.29, 1.82) is 5.26 Å². The van der Waals surface area contributed by atoms with Crippen LogP contribution in [0.5, 0.6) is 0 Å². The molecule has 0 amide bonds. The maximum absolute atomic E-state index is 11.0. The third-order valence-electron chi connectivity index (χ3n) is 2.02. The summed E-state index contributed by atoms with van der Waals surface area (Å²) >= 11 is 0.766. The zero-order valence-corrected chi connectivity index (χ0v) is 10.4. The van der Waals surface area contributed by atoms with E-state index in [1.807, 2.05) is 0 Å². The predicted octanol–water partition coefficient (Wildman–Crippen LogP) is 1.82. The molecular formula is C10H9N3O4S. The van der Waals surface area contributed by atoms with Gasteiger partial charge in [0.05, 0.1) is 10.5 Å². The summed E-state index contributed by atoms with van der Waals surface area (Å²) < 4.78 is -1.24. The molecule has 0 unspecified atom stereocenters. The van der Waals surface area contributed by atoms with Crippen LogP contribution >= 0.6 is 11.8 Å². The van der Waals surface area contributed by atoms with Crippen molar-refractivity contribution in [3.8, 4) is 6.07 Å². The van der Waals surface area contributed by atoms with Gasteiger partial charge >= 0.3 is 11.7 Å². The summed E-state index contributed by atoms with van der Waals surface area (Å²) in [4.78, 5) is 24.9. The molecule has 0 atom stereocenters. The summed E-state index contributed by atoms with van der Waals surface area (Å²) in [6, 6.07) is 2.82. The van der Waals surface area contributed by atoms with Crippen LogP contribution in [0, 0.1) is 21.4 Å². The Kier molecular flexibility index (Phi) is 3.88. The van der Waals surface area contributed by atoms with E-state index in [1.165, 1.54) is 20.0 Å². The van der Waals surface area contributed by atoms with Gasteiger partial charge in [-0.2, -0.15) is 5.26 Å². The van der Waals surface area contributed by atoms with E-state index in [9.17, 15) is 14.9 Å². The molecule has 1 heterocycles. The van der Waals surface area contributed by atoms with E-state index in [4.69, 9.17) is 10.4 Å². The molecule has 0 saturated heterocycles. The maximum Gasteiger partial charge on any atom is 0.319 e. The zero-order valence-electron chi connectivity index (χ0n) is 9.58. The highest BCUT2D eigenvalue weighted by molar-refractivity contribution is 8.01. The third-order valence-corrected chi connectivity index (χ3v) is 3.22. The van der Waals surface area contributed by atoms with Crippen molar-refractivity contribution in [2.75, 3.05) is 0 Å². The van der Waals surface area contributed by atoms with Gasteiger partial charge in [-0.3, -0.25) is 14.9 Å². The molecule has 0 radical (unpaired) electrons. The van der Waals surface area contributed by atoms with E-state index in [1.54, 1.807) is 6.07 Å². The smallest absolute Gasteiger partial charge is 0.319 e. The van der Waals surface area contributed by atoms with Gasteiger partial charge in [0.25, 0.3) is 0 Å². The predicted molar refractivity (Wildman–Crippen MR) is 63.2 cm³/mol. The van der Waals surface area contributed by atoms with Crippen molar-refractivity contribution in [2.24, 2.45) is 0 Å². The number of hydrogen-bond donors (Lipinski definition) is 1. The van der Waals surface area contributed by atoms with Crippen LogP contribution in [0.1, 0.15) is 19.4 Å². The average molecular weight is 267 g/mol. The molecule has 1 N–H and O–H groups in total. The van der Waals surface area contributed by atoms with Gasteiger partial charge in [0.2, 0.25) is 0 Å². The monoisotopic (exact) mass is 267 g/mol. The number of nitrogens with zero attached hydrogens (tertiary/aromatic N) is 3. The molecule has 0 aromatic carbocycles. The minimum Gasteiger partial charge on any atom is -0.480 e. The summed E-state index contributed by atoms with van der Waals surface area (Å²) in [5.74, 6) is -1.10. The van der Waals surface area contributed by atoms with Crippen LogP contribution < -0.4 is 0 Å². The van der Waals surface area contributed by atoms with E-state index in [-0.39, 0.29) is 16.3 Å². The molecular weight excluding hydrogens is 258 g/mol. The van der Waals surface area contributed by atoms with Gasteiger partial charge in [-0.05, 0) is 13.8 Å². The van der Waals surface area contributed by atoms with Gasteiger partial charge in [-0.25, -0.2) is 4.98 Å². The number of rotatable bonds is 4. The summed E-state index contributed by atoms with van der Waals surface area (Å²) in [5, 5.41) is 28.4. The van der Waals surface area contributed by atoms with Crippen LogP contribution in [0.3, 0.4) is 0 Å². The lowest BCUT2D eigenvalue weighted by atomic mass is 10.2. The summed E-state index contributed by atoms with van der Waals surface area (Å²) in [6.45, 7) is 2.84. The number of carboxylic acids is 1. The fourth-order valence-electron chi connectivity index (χ4n) is 0.997. The van der Waals surface area contributed by atoms with E-state index in [2.05, 4.69) is 4.98 Å². The van der Waals surface area contributed by atoms with Crippen LogP contribution in [-0.2, 0) is 4.79 Å². The Bertz CT molecular complexity index is 551. The van der Waals surface area contributed by atoms with Gasteiger partial charge in [0, 0.05) is 12.3 Å². The standard InChI is InChI=1S/C10H9N3O4S/c1-10(2,9(14)15)18-8-7(13(16)17)3-6(4-11)5-12-8/h3,5H,1-2H3,(H,14,15). The van der Waals surface area contributed by atoms with Crippen LogP contribution in [0.2, 0.25) is 0 Å². The van der Waals surface area contributed by atoms with Crippen LogP contribution in [0.4, 0.5) is 5.69 Å². The Balaban J connectivity index is 3.22. The van der Waals surface area contributed by atoms with Crippen LogP contribution in [0.15, 0.2) is 17.3 Å². The van der Waals surface area contributed by atoms with Gasteiger partial charge in [0.1, 0.15) is 10.8 Å². The Hall–Kier alpha value is -2.14. The number of carboxylic acid groups (broad SMARTS) is 1. The molecule has 0 aliphatic carbocycles. The lowest BCUT2D eigenvalue weighted by Gasteiger charge is -2.17. The molecule has 0 saturated carbocycles. The lowest BCUT2D eigenvalue weighted by molar-refractivity contribution is -0.388. The molecule has 18 heavy (non-hydrogen) atoms. The van der Waals surface area contributed by atoms with Crippen LogP contribution in [0.25, 0.3) is 0 Å². The molecule has 0 bridgehead atoms. The second-order valence-corrected chi connectivity index (χ2v) is 5.45. The van der Waals surface area contributed by atoms with Crippen LogP contribution in [-0.4, -0.2) is 25.7 Å². The number of aromatic nitrogens is 1. The minimum atomic E-state index is -1.24. The number of pyridine rings is 1. The SMILES string of the molecule is CC(C)(Sc1ncc(C#N)cc1[N+](=O)[O-])C(=O)O. The summed E-state index contributed by atoms with van der Waals surface area (Å²) in [6.07, 6.45) is 1.17. The minimum absolute atomic E-state index is 0.0219. The topological polar surface area (TPSA) is 117 Å². The molecule has 0 fully saturated rings. The third kappa shape index (κ3) is 2.95. The van der Waals surface area contributed by atoms with E-state index < -0.39 is 15.6 Å². The van der Waals surface area contributed by atoms with Crippen molar-refractivity contribution in [1.82, 2.24) is 4.98 Å². The fraction of sp³-hybridized carbons (Fsp3) is 0.300. The maximum atomic E-state index is 11.0. The number of carbonyl (C=O) groups is 1. The lowest BCUT2D eigenvalue weighted by Crippen LogP contribution is -2.27.